The summed E-state index contributed by atoms with van der Waals surface area (Å²) < 4.78 is 33.9. The van der Waals surface area contributed by atoms with Crippen molar-refractivity contribution in [3.8, 4) is 0 Å². The van der Waals surface area contributed by atoms with Crippen molar-refractivity contribution in [1.29, 1.82) is 0 Å². The predicted octanol–water partition coefficient (Wildman–Crippen LogP) is 13.1. The molecule has 0 radical (unpaired) electrons. The Bertz CT molecular complexity index is 1270. The molecule has 0 bridgehead atoms. The Kier molecular flexibility index (Phi) is 41.9. The molecule has 0 saturated carbocycles. The van der Waals surface area contributed by atoms with Crippen molar-refractivity contribution < 1.29 is 47.2 Å². The number of unbranched alkanes of at least 4 members (excludes halogenated alkanes) is 20. The molecule has 0 aromatic heterocycles. The lowest BCUT2D eigenvalue weighted by molar-refractivity contribution is -0.870. The van der Waals surface area contributed by atoms with E-state index in [9.17, 15) is 24.2 Å². The second-order valence-corrected chi connectivity index (χ2v) is 19.4. The Morgan fingerprint density at radius 2 is 1.05 bits per heavy atom. The zero-order valence-electron chi connectivity index (χ0n) is 40.9. The van der Waals surface area contributed by atoms with Crippen LogP contribution in [0.4, 0.5) is 0 Å². The minimum absolute atomic E-state index is 0.0457. The number of nitrogens with zero attached hydrogens (tertiary/aromatic N) is 1. The molecular weight excluding hydrogens is 814 g/mol. The minimum atomic E-state index is -4.68. The molecule has 0 amide bonds. The number of likely N-dealkylation sites (N-methyl/N-ethyl adjacent to an activating group) is 1. The summed E-state index contributed by atoms with van der Waals surface area (Å²) in [5.41, 5.74) is 0. The molecule has 11 heteroatoms. The van der Waals surface area contributed by atoms with Crippen LogP contribution >= 0.6 is 7.82 Å². The Labute approximate surface area is 386 Å². The average molecular weight is 908 g/mol. The van der Waals surface area contributed by atoms with Crippen molar-refractivity contribution in [2.75, 3.05) is 47.5 Å². The highest BCUT2D eigenvalue weighted by atomic mass is 31.2. The largest absolute Gasteiger partial charge is 0.756 e. The van der Waals surface area contributed by atoms with Gasteiger partial charge in [0.15, 0.2) is 6.10 Å². The van der Waals surface area contributed by atoms with Crippen LogP contribution in [0.15, 0.2) is 60.8 Å². The summed E-state index contributed by atoms with van der Waals surface area (Å²) in [6, 6.07) is 0. The first-order chi connectivity index (χ1) is 30.4. The number of aliphatic hydroxyl groups is 1. The van der Waals surface area contributed by atoms with Crippen LogP contribution in [0.2, 0.25) is 0 Å². The van der Waals surface area contributed by atoms with E-state index in [1.807, 2.05) is 33.3 Å². The maximum absolute atomic E-state index is 12.7. The van der Waals surface area contributed by atoms with Crippen LogP contribution in [-0.4, -0.2) is 81.2 Å². The molecule has 0 fully saturated rings. The van der Waals surface area contributed by atoms with Gasteiger partial charge in [0.2, 0.25) is 0 Å². The van der Waals surface area contributed by atoms with E-state index in [0.29, 0.717) is 30.3 Å². The Balaban J connectivity index is 4.40. The maximum Gasteiger partial charge on any atom is 0.306 e. The summed E-state index contributed by atoms with van der Waals surface area (Å²) in [6.45, 7) is 3.91. The van der Waals surface area contributed by atoms with Crippen LogP contribution < -0.4 is 4.89 Å². The van der Waals surface area contributed by atoms with E-state index in [2.05, 4.69) is 50.3 Å². The maximum atomic E-state index is 12.7. The number of carbonyl (C=O) groups excluding carboxylic acids is 2. The summed E-state index contributed by atoms with van der Waals surface area (Å²) in [6.07, 6.45) is 50.0. The van der Waals surface area contributed by atoms with Crippen molar-refractivity contribution in [1.82, 2.24) is 0 Å². The number of hydrogen-bond donors (Lipinski definition) is 1. The first kappa shape index (κ1) is 60.7. The first-order valence-electron chi connectivity index (χ1n) is 25.1. The third kappa shape index (κ3) is 47.5. The Morgan fingerprint density at radius 3 is 1.54 bits per heavy atom. The van der Waals surface area contributed by atoms with Crippen LogP contribution in [0, 0.1) is 0 Å². The monoisotopic (exact) mass is 908 g/mol. The van der Waals surface area contributed by atoms with Crippen molar-refractivity contribution in [2.24, 2.45) is 0 Å². The van der Waals surface area contributed by atoms with Crippen LogP contribution in [0.3, 0.4) is 0 Å². The van der Waals surface area contributed by atoms with Crippen molar-refractivity contribution in [3.05, 3.63) is 60.8 Å². The molecule has 0 aromatic rings. The van der Waals surface area contributed by atoms with Gasteiger partial charge in [0.1, 0.15) is 19.8 Å². The van der Waals surface area contributed by atoms with Crippen LogP contribution in [-0.2, 0) is 32.7 Å². The fourth-order valence-electron chi connectivity index (χ4n) is 6.74. The fourth-order valence-corrected chi connectivity index (χ4v) is 7.47. The number of allylic oxidation sites excluding steroid dienone is 9. The third-order valence-electron chi connectivity index (χ3n) is 10.7. The number of ether oxygens (including phenoxy) is 2. The topological polar surface area (TPSA) is 131 Å². The number of phosphoric ester groups is 1. The van der Waals surface area contributed by atoms with Gasteiger partial charge in [-0.3, -0.25) is 14.2 Å². The second-order valence-electron chi connectivity index (χ2n) is 18.0. The molecule has 1 N–H and O–H groups in total. The van der Waals surface area contributed by atoms with E-state index in [4.69, 9.17) is 18.5 Å². The molecule has 0 aliphatic carbocycles. The van der Waals surface area contributed by atoms with Gasteiger partial charge < -0.3 is 33.0 Å². The Morgan fingerprint density at radius 1 is 0.587 bits per heavy atom. The van der Waals surface area contributed by atoms with Crippen molar-refractivity contribution in [3.63, 3.8) is 0 Å². The number of rotatable bonds is 45. The van der Waals surface area contributed by atoms with Crippen LogP contribution in [0.25, 0.3) is 0 Å². The number of phosphoric acid groups is 1. The smallest absolute Gasteiger partial charge is 0.306 e. The molecule has 0 aliphatic heterocycles. The summed E-state index contributed by atoms with van der Waals surface area (Å²) >= 11 is 0. The van der Waals surface area contributed by atoms with E-state index in [1.54, 1.807) is 12.2 Å². The molecule has 63 heavy (non-hydrogen) atoms. The summed E-state index contributed by atoms with van der Waals surface area (Å²) in [5.74, 6) is -1.03. The van der Waals surface area contributed by atoms with Crippen molar-refractivity contribution in [2.45, 2.75) is 212 Å². The SMILES string of the molecule is CC/C=C\C/C=C\C/C=C\C/C=C\C=C\C(O)CCCC(=O)OC[C@H](COP(=O)([O-])OCC[N+](C)(C)C)OC(=O)CCCCCCCCCCCCCCCCCCCCCCC. The summed E-state index contributed by atoms with van der Waals surface area (Å²) in [5, 5.41) is 10.3. The molecule has 0 heterocycles. The number of aliphatic hydroxyl groups excluding tert-OH is 1. The lowest BCUT2D eigenvalue weighted by atomic mass is 10.0. The number of esters is 2. The number of carbonyl (C=O) groups is 2. The Hall–Kier alpha value is -2.33. The minimum Gasteiger partial charge on any atom is -0.756 e. The van der Waals surface area contributed by atoms with Gasteiger partial charge in [0, 0.05) is 12.8 Å². The van der Waals surface area contributed by atoms with Gasteiger partial charge in [0.05, 0.1) is 33.9 Å². The quantitative estimate of drug-likeness (QED) is 0.0158. The number of quaternary nitrogens is 1. The molecular formula is C52H94NO9P. The normalized spacial score (nSPS) is 14.5. The first-order valence-corrected chi connectivity index (χ1v) is 26.6. The molecule has 0 spiro atoms. The molecule has 0 aromatic carbocycles. The lowest BCUT2D eigenvalue weighted by Gasteiger charge is -2.28. The van der Waals surface area contributed by atoms with Gasteiger partial charge in [-0.15, -0.1) is 0 Å². The molecule has 0 rings (SSSR count). The van der Waals surface area contributed by atoms with Gasteiger partial charge in [-0.05, 0) is 44.9 Å². The van der Waals surface area contributed by atoms with Gasteiger partial charge in [0.25, 0.3) is 7.82 Å². The molecule has 0 saturated heterocycles. The average Bonchev–Trinajstić information content (AvgIpc) is 3.23. The highest BCUT2D eigenvalue weighted by Gasteiger charge is 2.22. The standard InChI is InChI=1S/C52H94NO9P/c1-6-8-10-12-14-16-18-20-21-22-23-24-25-26-27-29-31-33-35-37-39-43-52(56)62-50(48-61-63(57,58)60-46-45-53(3,4)5)47-59-51(55)44-40-42-49(54)41-38-36-34-32-30-28-19-17-15-13-11-9-7-2/h9,11,15,17,28,30,34,36,38,41,49-50,54H,6-8,10,12-14,16,18-27,29,31-33,35,37,39-40,42-48H2,1-5H3/b11-9-,17-15-,30-28-,36-34-,41-38+/t49?,50-/m1/s1. The highest BCUT2D eigenvalue weighted by molar-refractivity contribution is 7.45. The van der Waals surface area contributed by atoms with E-state index in [1.165, 1.54) is 109 Å². The predicted molar refractivity (Wildman–Crippen MR) is 260 cm³/mol. The van der Waals surface area contributed by atoms with Crippen LogP contribution in [0.5, 0.6) is 0 Å². The molecule has 10 nitrogen and oxygen atoms in total. The van der Waals surface area contributed by atoms with Crippen LogP contribution in [0.1, 0.15) is 200 Å². The van der Waals surface area contributed by atoms with Crippen molar-refractivity contribution >= 4 is 19.8 Å². The summed E-state index contributed by atoms with van der Waals surface area (Å²) in [4.78, 5) is 37.7. The molecule has 366 valence electrons. The zero-order chi connectivity index (χ0) is 46.5. The van der Waals surface area contributed by atoms with Gasteiger partial charge in [-0.2, -0.15) is 0 Å². The molecule has 2 unspecified atom stereocenters. The number of hydrogen-bond acceptors (Lipinski definition) is 9. The fraction of sp³-hybridized carbons (Fsp3) is 0.769. The molecule has 3 atom stereocenters. The van der Waals surface area contributed by atoms with Gasteiger partial charge >= 0.3 is 11.9 Å². The van der Waals surface area contributed by atoms with Gasteiger partial charge in [-0.1, -0.05) is 203 Å². The lowest BCUT2D eigenvalue weighted by Crippen LogP contribution is -2.37. The third-order valence-corrected chi connectivity index (χ3v) is 11.6. The zero-order valence-corrected chi connectivity index (χ0v) is 41.8. The van der Waals surface area contributed by atoms with E-state index in [-0.39, 0.29) is 26.1 Å². The van der Waals surface area contributed by atoms with E-state index < -0.39 is 38.6 Å². The van der Waals surface area contributed by atoms with E-state index >= 15 is 0 Å². The summed E-state index contributed by atoms with van der Waals surface area (Å²) in [7, 11) is 1.06. The highest BCUT2D eigenvalue weighted by Crippen LogP contribution is 2.38. The molecule has 0 aliphatic rings. The van der Waals surface area contributed by atoms with Gasteiger partial charge in [-0.25, -0.2) is 0 Å². The second kappa shape index (κ2) is 43.6. The van der Waals surface area contributed by atoms with E-state index in [0.717, 1.165) is 44.9 Å².